The van der Waals surface area contributed by atoms with Crippen LogP contribution in [0.5, 0.6) is 0 Å². The van der Waals surface area contributed by atoms with Crippen LogP contribution in [0.15, 0.2) is 23.3 Å². The summed E-state index contributed by atoms with van der Waals surface area (Å²) in [4.78, 5) is 8.74. The molecule has 0 saturated carbocycles. The fourth-order valence-electron chi connectivity index (χ4n) is 2.50. The van der Waals surface area contributed by atoms with E-state index in [4.69, 9.17) is 0 Å². The molecule has 0 spiro atoms. The van der Waals surface area contributed by atoms with Gasteiger partial charge in [-0.25, -0.2) is 0 Å². The van der Waals surface area contributed by atoms with E-state index < -0.39 is 0 Å². The number of anilines is 1. The van der Waals surface area contributed by atoms with Crippen molar-refractivity contribution in [1.29, 1.82) is 5.26 Å². The van der Waals surface area contributed by atoms with E-state index in [1.807, 2.05) is 19.9 Å². The molecule has 2 heterocycles. The molecule has 1 aromatic heterocycles. The van der Waals surface area contributed by atoms with E-state index in [2.05, 4.69) is 26.7 Å². The molecule has 5 nitrogen and oxygen atoms in total. The Labute approximate surface area is 117 Å². The highest BCUT2D eigenvalue weighted by molar-refractivity contribution is 6.00. The molecule has 3 rings (SSSR count). The maximum atomic E-state index is 9.29. The smallest absolute Gasteiger partial charge is 0.195 e. The van der Waals surface area contributed by atoms with E-state index in [0.717, 1.165) is 46.8 Å². The second-order valence-electron chi connectivity index (χ2n) is 4.84. The predicted molar refractivity (Wildman–Crippen MR) is 79.9 cm³/mol. The van der Waals surface area contributed by atoms with Crippen LogP contribution in [-0.2, 0) is 0 Å². The van der Waals surface area contributed by atoms with Gasteiger partial charge in [0, 0.05) is 23.8 Å². The van der Waals surface area contributed by atoms with E-state index in [1.54, 1.807) is 12.3 Å². The van der Waals surface area contributed by atoms with Crippen LogP contribution in [0.1, 0.15) is 16.7 Å². The van der Waals surface area contributed by atoms with E-state index in [0.29, 0.717) is 5.56 Å². The van der Waals surface area contributed by atoms with Gasteiger partial charge in [0.25, 0.3) is 0 Å². The molecule has 0 aliphatic carbocycles. The Kier molecular flexibility index (Phi) is 2.99. The lowest BCUT2D eigenvalue weighted by Crippen LogP contribution is -2.26. The molecule has 0 atom stereocenters. The van der Waals surface area contributed by atoms with Gasteiger partial charge >= 0.3 is 0 Å². The molecule has 0 bridgehead atoms. The summed E-state index contributed by atoms with van der Waals surface area (Å²) >= 11 is 0. The van der Waals surface area contributed by atoms with E-state index in [1.165, 1.54) is 0 Å². The lowest BCUT2D eigenvalue weighted by atomic mass is 9.99. The van der Waals surface area contributed by atoms with Gasteiger partial charge < -0.3 is 10.6 Å². The lowest BCUT2D eigenvalue weighted by molar-refractivity contribution is 0.959. The molecule has 1 aliphatic heterocycles. The van der Waals surface area contributed by atoms with E-state index in [-0.39, 0.29) is 0 Å². The van der Waals surface area contributed by atoms with Crippen LogP contribution in [0.3, 0.4) is 0 Å². The first-order chi connectivity index (χ1) is 9.70. The minimum Gasteiger partial charge on any atom is -0.354 e. The molecule has 5 heteroatoms. The van der Waals surface area contributed by atoms with Crippen LogP contribution in [0.25, 0.3) is 10.9 Å². The van der Waals surface area contributed by atoms with Crippen LogP contribution < -0.4 is 10.6 Å². The number of hydrogen-bond acceptors (Lipinski definition) is 5. The summed E-state index contributed by atoms with van der Waals surface area (Å²) in [6.07, 6.45) is 1.68. The van der Waals surface area contributed by atoms with Gasteiger partial charge in [0.05, 0.1) is 23.7 Å². The number of rotatable bonds is 1. The number of aryl methyl sites for hydroxylation is 2. The molecule has 1 aliphatic rings. The number of pyridine rings is 1. The summed E-state index contributed by atoms with van der Waals surface area (Å²) in [5, 5.41) is 16.7. The van der Waals surface area contributed by atoms with Crippen molar-refractivity contribution < 1.29 is 0 Å². The molecule has 2 aromatic rings. The number of fused-ring (bicyclic) bond motifs is 1. The summed E-state index contributed by atoms with van der Waals surface area (Å²) < 4.78 is 0. The van der Waals surface area contributed by atoms with Gasteiger partial charge in [0.2, 0.25) is 0 Å². The third-order valence-electron chi connectivity index (χ3n) is 3.51. The highest BCUT2D eigenvalue weighted by Crippen LogP contribution is 2.29. The summed E-state index contributed by atoms with van der Waals surface area (Å²) in [5.41, 5.74) is 4.57. The summed E-state index contributed by atoms with van der Waals surface area (Å²) in [5.74, 6) is 0.786. The molecule has 20 heavy (non-hydrogen) atoms. The number of aliphatic imine (C=N–C) groups is 1. The van der Waals surface area contributed by atoms with Gasteiger partial charge in [0.15, 0.2) is 5.96 Å². The molecule has 0 radical (unpaired) electrons. The first-order valence-electron chi connectivity index (χ1n) is 6.55. The average molecular weight is 265 g/mol. The molecule has 0 amide bonds. The standard InChI is InChI=1S/C15H15N5/c1-9-7-12(20-15-18-5-6-19-15)10(2)13-11(8-16)3-4-17-14(9)13/h3-4,7H,5-6H2,1-2H3,(H2,18,19,20). The zero-order valence-corrected chi connectivity index (χ0v) is 11.5. The first kappa shape index (κ1) is 12.4. The summed E-state index contributed by atoms with van der Waals surface area (Å²) in [6, 6.07) is 6.05. The monoisotopic (exact) mass is 265 g/mol. The lowest BCUT2D eigenvalue weighted by Gasteiger charge is -2.14. The Morgan fingerprint density at radius 1 is 1.40 bits per heavy atom. The SMILES string of the molecule is Cc1cc(NC2=NCCN2)c(C)c2c(C#N)ccnc12. The molecule has 0 saturated heterocycles. The van der Waals surface area contributed by atoms with Crippen molar-refractivity contribution >= 4 is 22.5 Å². The topological polar surface area (TPSA) is 73.1 Å². The number of nitrogens with one attached hydrogen (secondary N) is 2. The fraction of sp³-hybridized carbons (Fsp3) is 0.267. The number of aromatic nitrogens is 1. The van der Waals surface area contributed by atoms with Gasteiger partial charge in [-0.2, -0.15) is 5.26 Å². The van der Waals surface area contributed by atoms with Crippen molar-refractivity contribution in [3.05, 3.63) is 35.0 Å². The normalized spacial score (nSPS) is 13.8. The Balaban J connectivity index is 2.19. The van der Waals surface area contributed by atoms with Crippen LogP contribution in [-0.4, -0.2) is 24.0 Å². The van der Waals surface area contributed by atoms with Crippen LogP contribution >= 0.6 is 0 Å². The van der Waals surface area contributed by atoms with Crippen LogP contribution in [0.4, 0.5) is 5.69 Å². The molecule has 0 unspecified atom stereocenters. The summed E-state index contributed by atoms with van der Waals surface area (Å²) in [7, 11) is 0. The molecule has 1 aromatic carbocycles. The Morgan fingerprint density at radius 3 is 2.95 bits per heavy atom. The molecule has 0 fully saturated rings. The number of benzene rings is 1. The minimum absolute atomic E-state index is 0.653. The number of nitriles is 1. The maximum absolute atomic E-state index is 9.29. The van der Waals surface area contributed by atoms with Crippen molar-refractivity contribution in [2.45, 2.75) is 13.8 Å². The Morgan fingerprint density at radius 2 is 2.25 bits per heavy atom. The number of guanidine groups is 1. The van der Waals surface area contributed by atoms with Gasteiger partial charge in [0.1, 0.15) is 0 Å². The van der Waals surface area contributed by atoms with E-state index in [9.17, 15) is 5.26 Å². The highest BCUT2D eigenvalue weighted by atomic mass is 15.2. The minimum atomic E-state index is 0.653. The van der Waals surface area contributed by atoms with Gasteiger partial charge in [-0.1, -0.05) is 0 Å². The van der Waals surface area contributed by atoms with Crippen LogP contribution in [0, 0.1) is 25.2 Å². The third-order valence-corrected chi connectivity index (χ3v) is 3.51. The van der Waals surface area contributed by atoms with E-state index >= 15 is 0 Å². The van der Waals surface area contributed by atoms with Crippen molar-refractivity contribution in [3.8, 4) is 6.07 Å². The highest BCUT2D eigenvalue weighted by Gasteiger charge is 2.13. The zero-order chi connectivity index (χ0) is 14.1. The van der Waals surface area contributed by atoms with Gasteiger partial charge in [-0.15, -0.1) is 0 Å². The largest absolute Gasteiger partial charge is 0.354 e. The predicted octanol–water partition coefficient (Wildman–Crippen LogP) is 2.09. The molecular weight excluding hydrogens is 250 g/mol. The second-order valence-corrected chi connectivity index (χ2v) is 4.84. The van der Waals surface area contributed by atoms with Crippen molar-refractivity contribution in [2.24, 2.45) is 4.99 Å². The quantitative estimate of drug-likeness (QED) is 0.828. The summed E-state index contributed by atoms with van der Waals surface area (Å²) in [6.45, 7) is 5.66. The molecule has 100 valence electrons. The van der Waals surface area contributed by atoms with Crippen molar-refractivity contribution in [3.63, 3.8) is 0 Å². The Hall–Kier alpha value is -2.61. The zero-order valence-electron chi connectivity index (χ0n) is 11.5. The first-order valence-corrected chi connectivity index (χ1v) is 6.55. The third kappa shape index (κ3) is 1.95. The number of hydrogen-bond donors (Lipinski definition) is 2. The fourth-order valence-corrected chi connectivity index (χ4v) is 2.50. The number of nitrogens with zero attached hydrogens (tertiary/aromatic N) is 3. The second kappa shape index (κ2) is 4.82. The molecular formula is C15H15N5. The van der Waals surface area contributed by atoms with Crippen LogP contribution in [0.2, 0.25) is 0 Å². The van der Waals surface area contributed by atoms with Crippen molar-refractivity contribution in [2.75, 3.05) is 18.4 Å². The van der Waals surface area contributed by atoms with Crippen molar-refractivity contribution in [1.82, 2.24) is 10.3 Å². The molecule has 2 N–H and O–H groups in total. The Bertz CT molecular complexity index is 755. The van der Waals surface area contributed by atoms with Gasteiger partial charge in [-0.05, 0) is 37.1 Å². The average Bonchev–Trinajstić information content (AvgIpc) is 2.96. The maximum Gasteiger partial charge on any atom is 0.195 e. The van der Waals surface area contributed by atoms with Gasteiger partial charge in [-0.3, -0.25) is 9.98 Å².